The molecular weight excluding hydrogens is 309 g/mol. The topological polar surface area (TPSA) is 69.4 Å². The molecule has 0 aromatic heterocycles. The third kappa shape index (κ3) is 7.62. The van der Waals surface area contributed by atoms with Crippen molar-refractivity contribution in [2.24, 2.45) is 5.14 Å². The lowest BCUT2D eigenvalue weighted by Crippen LogP contribution is -2.16. The van der Waals surface area contributed by atoms with E-state index in [9.17, 15) is 8.42 Å². The van der Waals surface area contributed by atoms with Gasteiger partial charge < -0.3 is 4.74 Å². The minimum atomic E-state index is -3.33. The first kappa shape index (κ1) is 16.6. The number of unbranched alkanes of at least 4 members (excludes halogenated alkanes) is 3. The molecular formula is C12H17Cl2NO3S. The minimum absolute atomic E-state index is 0.0357. The Kier molecular flexibility index (Phi) is 6.93. The van der Waals surface area contributed by atoms with Crippen LogP contribution in [0.15, 0.2) is 18.2 Å². The summed E-state index contributed by atoms with van der Waals surface area (Å²) in [7, 11) is -3.33. The summed E-state index contributed by atoms with van der Waals surface area (Å²) in [6.45, 7) is 0.523. The highest BCUT2D eigenvalue weighted by molar-refractivity contribution is 7.89. The second-order valence-electron chi connectivity index (χ2n) is 4.20. The van der Waals surface area contributed by atoms with E-state index in [0.717, 1.165) is 19.3 Å². The number of nitrogens with two attached hydrogens (primary N) is 1. The molecule has 0 spiro atoms. The highest BCUT2D eigenvalue weighted by atomic mass is 35.5. The van der Waals surface area contributed by atoms with Crippen molar-refractivity contribution < 1.29 is 13.2 Å². The number of sulfonamides is 1. The predicted octanol–water partition coefficient (Wildman–Crippen LogP) is 3.22. The summed E-state index contributed by atoms with van der Waals surface area (Å²) in [6, 6.07) is 5.06. The second-order valence-corrected chi connectivity index (χ2v) is 6.78. The third-order valence-electron chi connectivity index (χ3n) is 2.47. The smallest absolute Gasteiger partial charge is 0.209 e. The molecule has 1 aromatic carbocycles. The molecule has 108 valence electrons. The molecule has 0 fully saturated rings. The molecule has 0 heterocycles. The summed E-state index contributed by atoms with van der Waals surface area (Å²) >= 11 is 11.8. The molecule has 19 heavy (non-hydrogen) atoms. The monoisotopic (exact) mass is 325 g/mol. The van der Waals surface area contributed by atoms with E-state index in [1.165, 1.54) is 0 Å². The zero-order valence-corrected chi connectivity index (χ0v) is 12.8. The number of rotatable bonds is 8. The van der Waals surface area contributed by atoms with E-state index in [0.29, 0.717) is 28.8 Å². The van der Waals surface area contributed by atoms with Crippen LogP contribution in [0.3, 0.4) is 0 Å². The van der Waals surface area contributed by atoms with Crippen LogP contribution in [0.5, 0.6) is 5.75 Å². The van der Waals surface area contributed by atoms with Crippen LogP contribution in [0.4, 0.5) is 0 Å². The molecule has 0 amide bonds. The minimum Gasteiger partial charge on any atom is -0.492 e. The molecule has 0 aliphatic rings. The zero-order valence-electron chi connectivity index (χ0n) is 10.4. The van der Waals surface area contributed by atoms with E-state index >= 15 is 0 Å². The number of ether oxygens (including phenoxy) is 1. The molecule has 0 saturated heterocycles. The van der Waals surface area contributed by atoms with E-state index < -0.39 is 10.0 Å². The lowest BCUT2D eigenvalue weighted by atomic mass is 10.2. The van der Waals surface area contributed by atoms with Crippen molar-refractivity contribution in [1.29, 1.82) is 0 Å². The first-order chi connectivity index (χ1) is 8.88. The van der Waals surface area contributed by atoms with Crippen LogP contribution >= 0.6 is 23.2 Å². The molecule has 2 N–H and O–H groups in total. The molecule has 0 radical (unpaired) electrons. The number of halogens is 2. The van der Waals surface area contributed by atoms with Gasteiger partial charge in [-0.2, -0.15) is 0 Å². The Morgan fingerprint density at radius 2 is 1.79 bits per heavy atom. The largest absolute Gasteiger partial charge is 0.492 e. The zero-order chi connectivity index (χ0) is 14.3. The van der Waals surface area contributed by atoms with E-state index in [4.69, 9.17) is 33.1 Å². The summed E-state index contributed by atoms with van der Waals surface area (Å²) in [5.74, 6) is 0.604. The van der Waals surface area contributed by atoms with Crippen molar-refractivity contribution in [3.8, 4) is 5.75 Å². The fourth-order valence-corrected chi connectivity index (χ4v) is 2.47. The first-order valence-corrected chi connectivity index (χ1v) is 8.44. The Labute approximate surface area is 123 Å². The van der Waals surface area contributed by atoms with Crippen molar-refractivity contribution in [2.75, 3.05) is 12.4 Å². The molecule has 0 atom stereocenters. The van der Waals surface area contributed by atoms with Gasteiger partial charge >= 0.3 is 0 Å². The van der Waals surface area contributed by atoms with Crippen molar-refractivity contribution in [2.45, 2.75) is 25.7 Å². The average Bonchev–Trinajstić information content (AvgIpc) is 2.31. The fourth-order valence-electron chi connectivity index (χ4n) is 1.53. The van der Waals surface area contributed by atoms with Gasteiger partial charge in [-0.1, -0.05) is 36.0 Å². The maximum Gasteiger partial charge on any atom is 0.209 e. The van der Waals surface area contributed by atoms with Crippen LogP contribution in [0, 0.1) is 0 Å². The lowest BCUT2D eigenvalue weighted by molar-refractivity contribution is 0.305. The van der Waals surface area contributed by atoms with E-state index in [2.05, 4.69) is 0 Å². The van der Waals surface area contributed by atoms with Crippen LogP contribution in [-0.2, 0) is 10.0 Å². The number of hydrogen-bond acceptors (Lipinski definition) is 3. The van der Waals surface area contributed by atoms with Crippen molar-refractivity contribution in [1.82, 2.24) is 0 Å². The first-order valence-electron chi connectivity index (χ1n) is 5.97. The normalized spacial score (nSPS) is 11.5. The Hall–Kier alpha value is -0.490. The Bertz CT molecular complexity index is 506. The molecule has 0 saturated carbocycles. The number of hydrogen-bond donors (Lipinski definition) is 1. The van der Waals surface area contributed by atoms with Crippen LogP contribution in [0.25, 0.3) is 0 Å². The van der Waals surface area contributed by atoms with Crippen molar-refractivity contribution in [3.05, 3.63) is 28.2 Å². The molecule has 0 unspecified atom stereocenters. The SMILES string of the molecule is NS(=O)(=O)CCCCCCOc1cc(Cl)ccc1Cl. The van der Waals surface area contributed by atoms with Gasteiger partial charge in [-0.25, -0.2) is 13.6 Å². The second kappa shape index (κ2) is 7.94. The molecule has 0 aliphatic carbocycles. The fraction of sp³-hybridized carbons (Fsp3) is 0.500. The summed E-state index contributed by atoms with van der Waals surface area (Å²) in [6.07, 6.45) is 3.10. The van der Waals surface area contributed by atoms with Crippen LogP contribution in [0.1, 0.15) is 25.7 Å². The van der Waals surface area contributed by atoms with Gasteiger partial charge in [0.1, 0.15) is 5.75 Å². The van der Waals surface area contributed by atoms with Gasteiger partial charge in [-0.15, -0.1) is 0 Å². The molecule has 7 heteroatoms. The maximum atomic E-state index is 10.7. The van der Waals surface area contributed by atoms with E-state index in [-0.39, 0.29) is 5.75 Å². The summed E-state index contributed by atoms with van der Waals surface area (Å²) in [4.78, 5) is 0. The van der Waals surface area contributed by atoms with Crippen molar-refractivity contribution >= 4 is 33.2 Å². The van der Waals surface area contributed by atoms with Crippen LogP contribution < -0.4 is 9.88 Å². The Balaban J connectivity index is 2.16. The molecule has 1 aromatic rings. The Morgan fingerprint density at radius 3 is 2.47 bits per heavy atom. The van der Waals surface area contributed by atoms with Crippen molar-refractivity contribution in [3.63, 3.8) is 0 Å². The van der Waals surface area contributed by atoms with E-state index in [1.54, 1.807) is 18.2 Å². The predicted molar refractivity (Wildman–Crippen MR) is 78.4 cm³/mol. The summed E-state index contributed by atoms with van der Waals surface area (Å²) in [5.41, 5.74) is 0. The lowest BCUT2D eigenvalue weighted by Gasteiger charge is -2.08. The van der Waals surface area contributed by atoms with Crippen LogP contribution in [0.2, 0.25) is 10.0 Å². The Morgan fingerprint density at radius 1 is 1.11 bits per heavy atom. The highest BCUT2D eigenvalue weighted by Gasteiger charge is 2.03. The van der Waals surface area contributed by atoms with Gasteiger partial charge in [0.15, 0.2) is 0 Å². The maximum absolute atomic E-state index is 10.7. The van der Waals surface area contributed by atoms with Gasteiger partial charge in [-0.05, 0) is 25.0 Å². The van der Waals surface area contributed by atoms with Gasteiger partial charge in [0.05, 0.1) is 17.4 Å². The summed E-state index contributed by atoms with van der Waals surface area (Å²) < 4.78 is 26.9. The van der Waals surface area contributed by atoms with Crippen LogP contribution in [-0.4, -0.2) is 20.8 Å². The molecule has 4 nitrogen and oxygen atoms in total. The van der Waals surface area contributed by atoms with Gasteiger partial charge in [0.2, 0.25) is 10.0 Å². The number of primary sulfonamides is 1. The summed E-state index contributed by atoms with van der Waals surface area (Å²) in [5, 5.41) is 6.01. The standard InChI is InChI=1S/C12H17Cl2NO3S/c13-10-5-6-11(14)12(9-10)18-7-3-1-2-4-8-19(15,16)17/h5-6,9H,1-4,7-8H2,(H2,15,16,17). The molecule has 0 aliphatic heterocycles. The highest BCUT2D eigenvalue weighted by Crippen LogP contribution is 2.27. The van der Waals surface area contributed by atoms with Gasteiger partial charge in [-0.3, -0.25) is 0 Å². The van der Waals surface area contributed by atoms with E-state index in [1.807, 2.05) is 0 Å². The average molecular weight is 326 g/mol. The quantitative estimate of drug-likeness (QED) is 0.746. The molecule has 0 bridgehead atoms. The number of benzene rings is 1. The molecule has 1 rings (SSSR count). The third-order valence-corrected chi connectivity index (χ3v) is 3.88. The van der Waals surface area contributed by atoms with Gasteiger partial charge in [0.25, 0.3) is 0 Å². The van der Waals surface area contributed by atoms with Gasteiger partial charge in [0, 0.05) is 11.1 Å².